The van der Waals surface area contributed by atoms with E-state index in [2.05, 4.69) is 36.6 Å². The number of hydrogen-bond donors (Lipinski definition) is 6. The van der Waals surface area contributed by atoms with Gasteiger partial charge in [0, 0.05) is 51.1 Å². The van der Waals surface area contributed by atoms with Gasteiger partial charge in [0.25, 0.3) is 5.91 Å². The summed E-state index contributed by atoms with van der Waals surface area (Å²) in [6.07, 6.45) is 10.7. The van der Waals surface area contributed by atoms with Crippen LogP contribution in [0.2, 0.25) is 0 Å². The highest BCUT2D eigenvalue weighted by atomic mass is 19.1. The van der Waals surface area contributed by atoms with Gasteiger partial charge in [-0.2, -0.15) is 0 Å². The average molecular weight is 751 g/mol. The second-order valence-electron chi connectivity index (χ2n) is 13.5. The number of aromatic nitrogens is 2. The first-order valence-electron chi connectivity index (χ1n) is 18.1. The number of carbonyl (C=O) groups is 7. The van der Waals surface area contributed by atoms with Crippen molar-refractivity contribution in [3.05, 3.63) is 72.1 Å². The maximum absolute atomic E-state index is 14.3. The van der Waals surface area contributed by atoms with Crippen molar-refractivity contribution < 1.29 is 43.1 Å². The van der Waals surface area contributed by atoms with E-state index in [1.165, 1.54) is 54.8 Å². The number of aliphatic carboxylic acids is 1. The molecule has 1 fully saturated rings. The third-order valence-electron chi connectivity index (χ3n) is 9.49. The maximum atomic E-state index is 14.3. The van der Waals surface area contributed by atoms with Crippen molar-refractivity contribution in [3.63, 3.8) is 0 Å². The Labute approximate surface area is 312 Å². The van der Waals surface area contributed by atoms with E-state index < -0.39 is 71.4 Å². The van der Waals surface area contributed by atoms with Crippen LogP contribution in [0.25, 0.3) is 0 Å². The third kappa shape index (κ3) is 12.7. The van der Waals surface area contributed by atoms with Crippen molar-refractivity contribution in [2.75, 3.05) is 20.1 Å². The molecule has 0 unspecified atom stereocenters. The van der Waals surface area contributed by atoms with Gasteiger partial charge in [0.15, 0.2) is 0 Å². The molecule has 290 valence electrons. The van der Waals surface area contributed by atoms with Crippen LogP contribution in [0.4, 0.5) is 4.39 Å². The number of halogens is 1. The normalized spacial score (nSPS) is 23.1. The highest BCUT2D eigenvalue weighted by Crippen LogP contribution is 2.28. The van der Waals surface area contributed by atoms with E-state index in [0.717, 1.165) is 44.3 Å². The van der Waals surface area contributed by atoms with Crippen molar-refractivity contribution >= 4 is 41.4 Å². The summed E-state index contributed by atoms with van der Waals surface area (Å²) in [5, 5.41) is 22.7. The molecule has 1 aromatic heterocycles. The smallest absolute Gasteiger partial charge is 0.326 e. The Morgan fingerprint density at radius 2 is 1.61 bits per heavy atom. The molecule has 0 bridgehead atoms. The predicted molar refractivity (Wildman–Crippen MR) is 192 cm³/mol. The van der Waals surface area contributed by atoms with E-state index >= 15 is 0 Å². The van der Waals surface area contributed by atoms with E-state index in [9.17, 15) is 43.1 Å². The van der Waals surface area contributed by atoms with Crippen LogP contribution in [0.1, 0.15) is 73.8 Å². The molecule has 2 aromatic rings. The SMILES string of the molecule is CN1C(=O)[C@H](CC2CCCCC2)NC(=O)/C=C\C(=O)N[C@H](C(=O)O)CCNC(=O)[C@H](CCCNC(=O)c2cnccn2)NC(=O)[C@@H]1Cc1ccc(F)cc1. The summed E-state index contributed by atoms with van der Waals surface area (Å²) < 4.78 is 13.8. The molecule has 2 heterocycles. The Bertz CT molecular complexity index is 1670. The number of nitrogens with one attached hydrogen (secondary N) is 5. The van der Waals surface area contributed by atoms with Crippen molar-refractivity contribution in [1.82, 2.24) is 41.5 Å². The minimum absolute atomic E-state index is 0.0174. The molecule has 17 heteroatoms. The zero-order chi connectivity index (χ0) is 39.0. The Kier molecular flexibility index (Phi) is 15.6. The first kappa shape index (κ1) is 41.0. The lowest BCUT2D eigenvalue weighted by atomic mass is 9.84. The van der Waals surface area contributed by atoms with Gasteiger partial charge in [0.05, 0.1) is 6.20 Å². The Hall–Kier alpha value is -5.74. The summed E-state index contributed by atoms with van der Waals surface area (Å²) in [5.41, 5.74) is 0.609. The van der Waals surface area contributed by atoms with Gasteiger partial charge in [-0.3, -0.25) is 33.8 Å². The number of amides is 6. The minimum Gasteiger partial charge on any atom is -0.480 e. The quantitative estimate of drug-likeness (QED) is 0.187. The summed E-state index contributed by atoms with van der Waals surface area (Å²) in [4.78, 5) is 101. The standard InChI is InChI=1S/C37H47FN8O8/c1-46-30(21-24-9-11-25(38)12-10-24)35(51)45-26(8-5-16-41-34(50)29-22-39-18-19-40-29)33(49)42-17-15-27(37(53)54)43-31(47)13-14-32(48)44-28(36(46)52)20-23-6-3-2-4-7-23/h9-14,18-19,22-23,26-28,30H,2-8,15-17,20-21H2,1H3,(H,41,50)(H,42,49)(H,43,47)(H,44,48)(H,45,51)(H,53,54)/b14-13-/t26-,27-,28-,30-/m0/s1. The van der Waals surface area contributed by atoms with Crippen molar-refractivity contribution in [1.29, 1.82) is 0 Å². The van der Waals surface area contributed by atoms with E-state index in [4.69, 9.17) is 0 Å². The van der Waals surface area contributed by atoms with Crippen LogP contribution < -0.4 is 26.6 Å². The van der Waals surface area contributed by atoms with E-state index in [0.29, 0.717) is 5.56 Å². The van der Waals surface area contributed by atoms with Crippen LogP contribution in [0.5, 0.6) is 0 Å². The largest absolute Gasteiger partial charge is 0.480 e. The number of likely N-dealkylation sites (N-methyl/N-ethyl adjacent to an activating group) is 1. The van der Waals surface area contributed by atoms with Crippen LogP contribution in [0, 0.1) is 11.7 Å². The van der Waals surface area contributed by atoms with Crippen molar-refractivity contribution in [2.24, 2.45) is 5.92 Å². The number of carboxylic acids is 1. The topological polar surface area (TPSA) is 229 Å². The molecule has 0 saturated heterocycles. The summed E-state index contributed by atoms with van der Waals surface area (Å²) in [7, 11) is 1.42. The lowest BCUT2D eigenvalue weighted by molar-refractivity contribution is -0.142. The Balaban J connectivity index is 1.63. The molecule has 16 nitrogen and oxygen atoms in total. The van der Waals surface area contributed by atoms with E-state index in [-0.39, 0.29) is 56.8 Å². The fraction of sp³-hybridized carbons (Fsp3) is 0.486. The molecule has 1 aliphatic carbocycles. The highest BCUT2D eigenvalue weighted by molar-refractivity contribution is 6.00. The van der Waals surface area contributed by atoms with Gasteiger partial charge in [-0.15, -0.1) is 0 Å². The third-order valence-corrected chi connectivity index (χ3v) is 9.49. The second-order valence-corrected chi connectivity index (χ2v) is 13.5. The second kappa shape index (κ2) is 20.5. The van der Waals surface area contributed by atoms with E-state index in [1.807, 2.05) is 0 Å². The summed E-state index contributed by atoms with van der Waals surface area (Å²) >= 11 is 0. The van der Waals surface area contributed by atoms with Crippen LogP contribution in [-0.4, -0.2) is 106 Å². The van der Waals surface area contributed by atoms with Gasteiger partial charge in [0.2, 0.25) is 29.5 Å². The predicted octanol–water partition coefficient (Wildman–Crippen LogP) is 0.781. The number of rotatable bonds is 10. The molecule has 1 aromatic carbocycles. The van der Waals surface area contributed by atoms with Crippen LogP contribution in [-0.2, 0) is 35.2 Å². The number of nitrogens with zero attached hydrogens (tertiary/aromatic N) is 3. The van der Waals surface area contributed by atoms with Crippen LogP contribution in [0.15, 0.2) is 55.0 Å². The number of carbonyl (C=O) groups excluding carboxylic acids is 6. The lowest BCUT2D eigenvalue weighted by Gasteiger charge is -2.33. The minimum atomic E-state index is -1.43. The van der Waals surface area contributed by atoms with E-state index in [1.54, 1.807) is 0 Å². The molecule has 6 N–H and O–H groups in total. The number of benzene rings is 1. The molecule has 0 spiro atoms. The fourth-order valence-corrected chi connectivity index (χ4v) is 6.49. The summed E-state index contributed by atoms with van der Waals surface area (Å²) in [6, 6.07) is 0.451. The molecule has 4 atom stereocenters. The summed E-state index contributed by atoms with van der Waals surface area (Å²) in [6.45, 7) is -0.119. The highest BCUT2D eigenvalue weighted by Gasteiger charge is 2.35. The number of carboxylic acid groups (broad SMARTS) is 1. The fourth-order valence-electron chi connectivity index (χ4n) is 6.49. The molecule has 54 heavy (non-hydrogen) atoms. The van der Waals surface area contributed by atoms with Crippen LogP contribution >= 0.6 is 0 Å². The van der Waals surface area contributed by atoms with Gasteiger partial charge in [0.1, 0.15) is 35.7 Å². The number of hydrogen-bond acceptors (Lipinski definition) is 9. The van der Waals surface area contributed by atoms with Crippen molar-refractivity contribution in [2.45, 2.75) is 88.4 Å². The van der Waals surface area contributed by atoms with Gasteiger partial charge in [-0.1, -0.05) is 44.2 Å². The zero-order valence-electron chi connectivity index (χ0n) is 30.1. The summed E-state index contributed by atoms with van der Waals surface area (Å²) in [5.74, 6) is -5.86. The molecular formula is C37H47FN8O8. The molecule has 4 rings (SSSR count). The van der Waals surface area contributed by atoms with Crippen molar-refractivity contribution in [3.8, 4) is 0 Å². The van der Waals surface area contributed by atoms with Gasteiger partial charge in [-0.05, 0) is 49.3 Å². The zero-order valence-corrected chi connectivity index (χ0v) is 30.1. The van der Waals surface area contributed by atoms with Gasteiger partial charge in [-0.25, -0.2) is 14.2 Å². The monoisotopic (exact) mass is 750 g/mol. The average Bonchev–Trinajstić information content (AvgIpc) is 3.16. The maximum Gasteiger partial charge on any atom is 0.326 e. The molecule has 1 aliphatic heterocycles. The Morgan fingerprint density at radius 1 is 0.907 bits per heavy atom. The molecule has 2 aliphatic rings. The first-order chi connectivity index (χ1) is 25.9. The van der Waals surface area contributed by atoms with Gasteiger partial charge < -0.3 is 36.6 Å². The Morgan fingerprint density at radius 3 is 2.28 bits per heavy atom. The molecular weight excluding hydrogens is 703 g/mol. The molecule has 0 radical (unpaired) electrons. The lowest BCUT2D eigenvalue weighted by Crippen LogP contribution is -2.58. The molecule has 6 amide bonds. The first-order valence-corrected chi connectivity index (χ1v) is 18.1. The van der Waals surface area contributed by atoms with Gasteiger partial charge >= 0.3 is 5.97 Å². The van der Waals surface area contributed by atoms with Crippen LogP contribution in [0.3, 0.4) is 0 Å². The molecule has 1 saturated carbocycles.